The van der Waals surface area contributed by atoms with E-state index in [2.05, 4.69) is 14.9 Å². The van der Waals surface area contributed by atoms with Crippen LogP contribution in [-0.4, -0.2) is 21.4 Å². The van der Waals surface area contributed by atoms with Crippen LogP contribution in [0.5, 0.6) is 0 Å². The van der Waals surface area contributed by atoms with Gasteiger partial charge < -0.3 is 9.63 Å². The SMILES string of the molecule is CC(=O)O.c1conn1. The summed E-state index contributed by atoms with van der Waals surface area (Å²) in [5, 5.41) is 13.8. The lowest BCUT2D eigenvalue weighted by atomic mass is 10.9. The molecule has 0 aliphatic rings. The average molecular weight is 130 g/mol. The Hall–Kier alpha value is -1.39. The normalized spacial score (nSPS) is 7.22. The molecule has 1 heterocycles. The second kappa shape index (κ2) is 4.76. The first-order valence-electron chi connectivity index (χ1n) is 2.14. The van der Waals surface area contributed by atoms with E-state index < -0.39 is 5.97 Å². The maximum atomic E-state index is 9.00. The van der Waals surface area contributed by atoms with Crippen molar-refractivity contribution in [1.29, 1.82) is 0 Å². The monoisotopic (exact) mass is 130 g/mol. The zero-order chi connectivity index (χ0) is 7.11. The van der Waals surface area contributed by atoms with E-state index in [1.807, 2.05) is 0 Å². The van der Waals surface area contributed by atoms with Crippen molar-refractivity contribution in [2.45, 2.75) is 6.92 Å². The molecule has 0 aromatic carbocycles. The molecule has 0 aliphatic heterocycles. The van der Waals surface area contributed by atoms with E-state index in [1.54, 1.807) is 0 Å². The van der Waals surface area contributed by atoms with Gasteiger partial charge in [0.15, 0.2) is 0 Å². The van der Waals surface area contributed by atoms with E-state index >= 15 is 0 Å². The van der Waals surface area contributed by atoms with Gasteiger partial charge in [-0.1, -0.05) is 0 Å². The van der Waals surface area contributed by atoms with Gasteiger partial charge in [0.25, 0.3) is 5.97 Å². The number of hydrogen-bond acceptors (Lipinski definition) is 4. The number of nitrogens with zero attached hydrogens (tertiary/aromatic N) is 2. The summed E-state index contributed by atoms with van der Waals surface area (Å²) in [5.41, 5.74) is 0. The Morgan fingerprint density at radius 2 is 2.33 bits per heavy atom. The maximum absolute atomic E-state index is 9.00. The van der Waals surface area contributed by atoms with Crippen LogP contribution < -0.4 is 0 Å². The Labute approximate surface area is 51.3 Å². The van der Waals surface area contributed by atoms with Gasteiger partial charge in [0.05, 0.1) is 6.20 Å². The molecule has 5 heteroatoms. The van der Waals surface area contributed by atoms with E-state index in [9.17, 15) is 0 Å². The molecule has 0 unspecified atom stereocenters. The average Bonchev–Trinajstić information content (AvgIpc) is 2.11. The van der Waals surface area contributed by atoms with Gasteiger partial charge in [0, 0.05) is 12.2 Å². The van der Waals surface area contributed by atoms with E-state index in [4.69, 9.17) is 9.90 Å². The fourth-order valence-corrected chi connectivity index (χ4v) is 0.136. The Morgan fingerprint density at radius 3 is 2.44 bits per heavy atom. The summed E-state index contributed by atoms with van der Waals surface area (Å²) in [4.78, 5) is 9.00. The van der Waals surface area contributed by atoms with E-state index in [0.29, 0.717) is 0 Å². The minimum Gasteiger partial charge on any atom is -0.481 e. The van der Waals surface area contributed by atoms with Crippen LogP contribution in [0, 0.1) is 0 Å². The number of hydrogen-bond donors (Lipinski definition) is 1. The van der Waals surface area contributed by atoms with Crippen molar-refractivity contribution in [1.82, 2.24) is 10.4 Å². The summed E-state index contributed by atoms with van der Waals surface area (Å²) in [6.07, 6.45) is 2.88. The molecule has 1 rings (SSSR count). The van der Waals surface area contributed by atoms with Crippen LogP contribution in [0.3, 0.4) is 0 Å². The van der Waals surface area contributed by atoms with Crippen LogP contribution in [0.2, 0.25) is 0 Å². The standard InChI is InChI=1S/C2H2N2O.C2H4O2/c1-2-5-4-3-1;1-2(3)4/h1-2H;1H3,(H,3,4). The number of aromatic nitrogens is 2. The van der Waals surface area contributed by atoms with Gasteiger partial charge in [-0.25, -0.2) is 0 Å². The Bertz CT molecular complexity index is 128. The molecule has 0 bridgehead atoms. The third-order valence-electron chi connectivity index (χ3n) is 0.283. The van der Waals surface area contributed by atoms with Crippen LogP contribution >= 0.6 is 0 Å². The highest BCUT2D eigenvalue weighted by Crippen LogP contribution is 1.64. The van der Waals surface area contributed by atoms with Gasteiger partial charge in [-0.3, -0.25) is 4.79 Å². The Kier molecular flexibility index (Phi) is 4.03. The second-order valence-corrected chi connectivity index (χ2v) is 1.11. The molecule has 0 saturated heterocycles. The van der Waals surface area contributed by atoms with Gasteiger partial charge in [0.2, 0.25) is 0 Å². The third-order valence-corrected chi connectivity index (χ3v) is 0.283. The minimum atomic E-state index is -0.833. The van der Waals surface area contributed by atoms with Gasteiger partial charge in [-0.05, 0) is 0 Å². The van der Waals surface area contributed by atoms with Crippen molar-refractivity contribution in [3.05, 3.63) is 12.5 Å². The van der Waals surface area contributed by atoms with Crippen LogP contribution in [0.1, 0.15) is 6.92 Å². The molecule has 50 valence electrons. The number of carboxylic acid groups (broad SMARTS) is 1. The highest BCUT2D eigenvalue weighted by molar-refractivity contribution is 5.62. The molecule has 5 nitrogen and oxygen atoms in total. The van der Waals surface area contributed by atoms with Crippen molar-refractivity contribution in [3.63, 3.8) is 0 Å². The lowest BCUT2D eigenvalue weighted by molar-refractivity contribution is -0.134. The molecule has 1 N–H and O–H groups in total. The van der Waals surface area contributed by atoms with Crippen LogP contribution in [0.15, 0.2) is 17.0 Å². The summed E-state index contributed by atoms with van der Waals surface area (Å²) in [7, 11) is 0. The molecule has 0 atom stereocenters. The summed E-state index contributed by atoms with van der Waals surface area (Å²) in [6.45, 7) is 1.08. The lowest BCUT2D eigenvalue weighted by Crippen LogP contribution is -1.78. The van der Waals surface area contributed by atoms with Gasteiger partial charge in [0.1, 0.15) is 6.26 Å². The topological polar surface area (TPSA) is 76.2 Å². The smallest absolute Gasteiger partial charge is 0.300 e. The van der Waals surface area contributed by atoms with Crippen molar-refractivity contribution in [2.24, 2.45) is 0 Å². The molecule has 0 amide bonds. The van der Waals surface area contributed by atoms with Gasteiger partial charge in [-0.15, -0.1) is 5.10 Å². The second-order valence-electron chi connectivity index (χ2n) is 1.11. The van der Waals surface area contributed by atoms with E-state index in [-0.39, 0.29) is 0 Å². The molecule has 0 fully saturated rings. The molecular formula is C4H6N2O3. The van der Waals surface area contributed by atoms with E-state index in [0.717, 1.165) is 6.92 Å². The van der Waals surface area contributed by atoms with Gasteiger partial charge >= 0.3 is 0 Å². The summed E-state index contributed by atoms with van der Waals surface area (Å²) < 4.78 is 4.22. The largest absolute Gasteiger partial charge is 0.481 e. The van der Waals surface area contributed by atoms with Crippen molar-refractivity contribution < 1.29 is 14.4 Å². The number of aliphatic carboxylic acids is 1. The Balaban J connectivity index is 0.000000148. The molecule has 0 saturated carbocycles. The van der Waals surface area contributed by atoms with Crippen molar-refractivity contribution >= 4 is 5.97 Å². The zero-order valence-corrected chi connectivity index (χ0v) is 4.81. The highest BCUT2D eigenvalue weighted by atomic mass is 16.5. The summed E-state index contributed by atoms with van der Waals surface area (Å²) in [5.74, 6) is -0.833. The zero-order valence-electron chi connectivity index (χ0n) is 4.81. The van der Waals surface area contributed by atoms with Crippen molar-refractivity contribution in [2.75, 3.05) is 0 Å². The summed E-state index contributed by atoms with van der Waals surface area (Å²) >= 11 is 0. The molecule has 9 heavy (non-hydrogen) atoms. The molecule has 0 aliphatic carbocycles. The molecule has 0 spiro atoms. The van der Waals surface area contributed by atoms with E-state index in [1.165, 1.54) is 12.5 Å². The minimum absolute atomic E-state index is 0.833. The van der Waals surface area contributed by atoms with Gasteiger partial charge in [-0.2, -0.15) is 0 Å². The number of rotatable bonds is 0. The number of carbonyl (C=O) groups is 1. The molecule has 1 aromatic heterocycles. The summed E-state index contributed by atoms with van der Waals surface area (Å²) in [6, 6.07) is 0. The first kappa shape index (κ1) is 7.61. The first-order valence-corrected chi connectivity index (χ1v) is 2.14. The predicted octanol–water partition coefficient (Wildman–Crippen LogP) is 0.160. The van der Waals surface area contributed by atoms with Crippen LogP contribution in [0.25, 0.3) is 0 Å². The molecule has 1 aromatic rings. The highest BCUT2D eigenvalue weighted by Gasteiger charge is 1.65. The van der Waals surface area contributed by atoms with Crippen LogP contribution in [-0.2, 0) is 4.79 Å². The first-order chi connectivity index (χ1) is 4.23. The fraction of sp³-hybridized carbons (Fsp3) is 0.250. The van der Waals surface area contributed by atoms with Crippen LogP contribution in [0.4, 0.5) is 0 Å². The molecule has 0 radical (unpaired) electrons. The van der Waals surface area contributed by atoms with Crippen molar-refractivity contribution in [3.8, 4) is 0 Å². The fourth-order valence-electron chi connectivity index (χ4n) is 0.136. The maximum Gasteiger partial charge on any atom is 0.300 e. The lowest BCUT2D eigenvalue weighted by Gasteiger charge is -1.59. The quantitative estimate of drug-likeness (QED) is 0.541. The molecular weight excluding hydrogens is 124 g/mol. The predicted molar refractivity (Wildman–Crippen MR) is 27.6 cm³/mol. The Morgan fingerprint density at radius 1 is 1.78 bits per heavy atom. The third kappa shape index (κ3) is 10.8. The number of carboxylic acids is 1.